The molecule has 2 aliphatic rings. The van der Waals surface area contributed by atoms with Crippen molar-refractivity contribution in [2.75, 3.05) is 13.1 Å². The molecule has 1 unspecified atom stereocenters. The van der Waals surface area contributed by atoms with Crippen LogP contribution in [0.1, 0.15) is 51.4 Å². The molecule has 1 heterocycles. The lowest BCUT2D eigenvalue weighted by Crippen LogP contribution is -2.40. The number of carbonyl (C=O) groups is 2. The first kappa shape index (κ1) is 14.3. The third-order valence-corrected chi connectivity index (χ3v) is 4.39. The highest BCUT2D eigenvalue weighted by atomic mass is 16.3. The molecule has 1 saturated heterocycles. The lowest BCUT2D eigenvalue weighted by atomic mass is 9.82. The normalized spacial score (nSPS) is 26.4. The first-order valence-electron chi connectivity index (χ1n) is 7.27. The van der Waals surface area contributed by atoms with Crippen LogP contribution in [0, 0.1) is 5.92 Å². The Balaban J connectivity index is 1.82. The van der Waals surface area contributed by atoms with Gasteiger partial charge in [0.05, 0.1) is 12.0 Å². The number of primary amides is 1. The zero-order valence-corrected chi connectivity index (χ0v) is 11.4. The van der Waals surface area contributed by atoms with Crippen LogP contribution in [0.2, 0.25) is 0 Å². The number of amides is 2. The third kappa shape index (κ3) is 3.93. The van der Waals surface area contributed by atoms with Gasteiger partial charge in [-0.05, 0) is 25.2 Å². The predicted molar refractivity (Wildman–Crippen MR) is 71.2 cm³/mol. The van der Waals surface area contributed by atoms with Crippen molar-refractivity contribution in [3.63, 3.8) is 0 Å². The molecular formula is C14H24N2O3. The van der Waals surface area contributed by atoms with Gasteiger partial charge in [-0.25, -0.2) is 0 Å². The summed E-state index contributed by atoms with van der Waals surface area (Å²) in [6.45, 7) is 1.30. The molecule has 0 bridgehead atoms. The van der Waals surface area contributed by atoms with E-state index < -0.39 is 5.60 Å². The Bertz CT molecular complexity index is 351. The van der Waals surface area contributed by atoms with Gasteiger partial charge in [0, 0.05) is 19.5 Å². The van der Waals surface area contributed by atoms with Crippen molar-refractivity contribution in [2.24, 2.45) is 11.7 Å². The number of hydrogen-bond acceptors (Lipinski definition) is 3. The Morgan fingerprint density at radius 2 is 1.95 bits per heavy atom. The van der Waals surface area contributed by atoms with Gasteiger partial charge < -0.3 is 15.7 Å². The van der Waals surface area contributed by atoms with Crippen LogP contribution in [0.5, 0.6) is 0 Å². The first-order chi connectivity index (χ1) is 8.98. The van der Waals surface area contributed by atoms with Crippen LogP contribution in [0.15, 0.2) is 0 Å². The number of aliphatic hydroxyl groups is 1. The summed E-state index contributed by atoms with van der Waals surface area (Å²) in [5, 5.41) is 10.4. The Hall–Kier alpha value is -1.10. The number of rotatable bonds is 4. The van der Waals surface area contributed by atoms with Crippen LogP contribution in [0.4, 0.5) is 0 Å². The molecular weight excluding hydrogens is 244 g/mol. The van der Waals surface area contributed by atoms with E-state index in [9.17, 15) is 14.7 Å². The molecule has 5 heteroatoms. The molecule has 108 valence electrons. The highest BCUT2D eigenvalue weighted by Gasteiger charge is 2.35. The quantitative estimate of drug-likeness (QED) is 0.791. The van der Waals surface area contributed by atoms with E-state index in [1.165, 1.54) is 0 Å². The second-order valence-corrected chi connectivity index (χ2v) is 6.13. The van der Waals surface area contributed by atoms with Gasteiger partial charge in [0.25, 0.3) is 0 Å². The molecule has 1 aliphatic heterocycles. The average molecular weight is 268 g/mol. The van der Waals surface area contributed by atoms with Crippen LogP contribution < -0.4 is 5.73 Å². The van der Waals surface area contributed by atoms with E-state index in [1.54, 1.807) is 4.90 Å². The standard InChI is InChI=1S/C14H24N2O3/c15-12(17)8-11-4-7-16(10-11)13(18)9-14(19)5-2-1-3-6-14/h11,19H,1-10H2,(H2,15,17). The molecule has 3 N–H and O–H groups in total. The summed E-state index contributed by atoms with van der Waals surface area (Å²) in [6.07, 6.45) is 6.06. The maximum Gasteiger partial charge on any atom is 0.225 e. The summed E-state index contributed by atoms with van der Waals surface area (Å²) in [4.78, 5) is 24.9. The number of carbonyl (C=O) groups excluding carboxylic acids is 2. The lowest BCUT2D eigenvalue weighted by Gasteiger charge is -2.32. The molecule has 1 atom stereocenters. The van der Waals surface area contributed by atoms with Gasteiger partial charge in [-0.2, -0.15) is 0 Å². The summed E-state index contributed by atoms with van der Waals surface area (Å²) in [5.74, 6) is -0.0796. The zero-order chi connectivity index (χ0) is 13.9. The van der Waals surface area contributed by atoms with E-state index >= 15 is 0 Å². The fourth-order valence-electron chi connectivity index (χ4n) is 3.29. The Kier molecular flexibility index (Phi) is 4.45. The minimum absolute atomic E-state index is 0.0244. The highest BCUT2D eigenvalue weighted by molar-refractivity contribution is 5.78. The molecule has 0 aromatic rings. The Morgan fingerprint density at radius 3 is 2.58 bits per heavy atom. The van der Waals surface area contributed by atoms with Gasteiger partial charge in [-0.3, -0.25) is 9.59 Å². The van der Waals surface area contributed by atoms with Gasteiger partial charge in [0.2, 0.25) is 11.8 Å². The van der Waals surface area contributed by atoms with Crippen LogP contribution >= 0.6 is 0 Å². The fraction of sp³-hybridized carbons (Fsp3) is 0.857. The van der Waals surface area contributed by atoms with Crippen molar-refractivity contribution in [1.29, 1.82) is 0 Å². The van der Waals surface area contributed by atoms with Crippen molar-refractivity contribution in [3.05, 3.63) is 0 Å². The molecule has 1 saturated carbocycles. The molecule has 0 aromatic carbocycles. The van der Waals surface area contributed by atoms with Crippen molar-refractivity contribution in [2.45, 2.75) is 57.0 Å². The number of hydrogen-bond donors (Lipinski definition) is 2. The monoisotopic (exact) mass is 268 g/mol. The maximum atomic E-state index is 12.2. The lowest BCUT2D eigenvalue weighted by molar-refractivity contribution is -0.137. The topological polar surface area (TPSA) is 83.6 Å². The predicted octanol–water partition coefficient (Wildman–Crippen LogP) is 0.796. The van der Waals surface area contributed by atoms with E-state index in [1.807, 2.05) is 0 Å². The van der Waals surface area contributed by atoms with E-state index in [-0.39, 0.29) is 24.2 Å². The van der Waals surface area contributed by atoms with E-state index in [2.05, 4.69) is 0 Å². The fourth-order valence-corrected chi connectivity index (χ4v) is 3.29. The molecule has 2 rings (SSSR count). The van der Waals surface area contributed by atoms with Crippen LogP contribution in [-0.4, -0.2) is 40.5 Å². The molecule has 1 aliphatic carbocycles. The van der Waals surface area contributed by atoms with Gasteiger partial charge in [-0.15, -0.1) is 0 Å². The molecule has 19 heavy (non-hydrogen) atoms. The molecule has 0 aromatic heterocycles. The minimum atomic E-state index is -0.795. The molecule has 0 spiro atoms. The number of nitrogens with two attached hydrogens (primary N) is 1. The molecule has 5 nitrogen and oxygen atoms in total. The summed E-state index contributed by atoms with van der Waals surface area (Å²) in [6, 6.07) is 0. The minimum Gasteiger partial charge on any atom is -0.389 e. The molecule has 2 fully saturated rings. The molecule has 2 amide bonds. The SMILES string of the molecule is NC(=O)CC1CCN(C(=O)CC2(O)CCCCC2)C1. The summed E-state index contributed by atoms with van der Waals surface area (Å²) in [5.41, 5.74) is 4.39. The van der Waals surface area contributed by atoms with Gasteiger partial charge in [-0.1, -0.05) is 19.3 Å². The van der Waals surface area contributed by atoms with E-state index in [0.717, 1.165) is 38.5 Å². The summed E-state index contributed by atoms with van der Waals surface area (Å²) >= 11 is 0. The molecule has 0 radical (unpaired) electrons. The number of likely N-dealkylation sites (tertiary alicyclic amines) is 1. The zero-order valence-electron chi connectivity index (χ0n) is 11.4. The van der Waals surface area contributed by atoms with Crippen molar-refractivity contribution in [1.82, 2.24) is 4.90 Å². The summed E-state index contributed by atoms with van der Waals surface area (Å²) in [7, 11) is 0. The van der Waals surface area contributed by atoms with Crippen molar-refractivity contribution < 1.29 is 14.7 Å². The average Bonchev–Trinajstić information content (AvgIpc) is 2.77. The first-order valence-corrected chi connectivity index (χ1v) is 7.27. The van der Waals surface area contributed by atoms with E-state index in [0.29, 0.717) is 19.5 Å². The summed E-state index contributed by atoms with van der Waals surface area (Å²) < 4.78 is 0. The Morgan fingerprint density at radius 1 is 1.26 bits per heavy atom. The van der Waals surface area contributed by atoms with Crippen molar-refractivity contribution >= 4 is 11.8 Å². The second-order valence-electron chi connectivity index (χ2n) is 6.13. The van der Waals surface area contributed by atoms with Crippen LogP contribution in [0.25, 0.3) is 0 Å². The highest BCUT2D eigenvalue weighted by Crippen LogP contribution is 2.32. The van der Waals surface area contributed by atoms with Crippen molar-refractivity contribution in [3.8, 4) is 0 Å². The Labute approximate surface area is 114 Å². The van der Waals surface area contributed by atoms with Crippen LogP contribution in [0.3, 0.4) is 0 Å². The van der Waals surface area contributed by atoms with Gasteiger partial charge >= 0.3 is 0 Å². The smallest absolute Gasteiger partial charge is 0.225 e. The van der Waals surface area contributed by atoms with Gasteiger partial charge in [0.15, 0.2) is 0 Å². The van der Waals surface area contributed by atoms with Crippen LogP contribution in [-0.2, 0) is 9.59 Å². The number of nitrogens with zero attached hydrogens (tertiary/aromatic N) is 1. The van der Waals surface area contributed by atoms with E-state index in [4.69, 9.17) is 5.73 Å². The van der Waals surface area contributed by atoms with Gasteiger partial charge in [0.1, 0.15) is 0 Å². The maximum absolute atomic E-state index is 12.2. The largest absolute Gasteiger partial charge is 0.389 e. The third-order valence-electron chi connectivity index (χ3n) is 4.39. The second kappa shape index (κ2) is 5.90.